The van der Waals surface area contributed by atoms with Gasteiger partial charge in [0.25, 0.3) is 0 Å². The van der Waals surface area contributed by atoms with Crippen LogP contribution in [0.1, 0.15) is 24.4 Å². The van der Waals surface area contributed by atoms with Gasteiger partial charge in [0.15, 0.2) is 0 Å². The average molecular weight is 300 g/mol. The van der Waals surface area contributed by atoms with E-state index in [0.717, 1.165) is 44.6 Å². The molecule has 0 spiro atoms. The minimum atomic E-state index is 0.239. The highest BCUT2D eigenvalue weighted by atomic mass is 35.5. The van der Waals surface area contributed by atoms with E-state index < -0.39 is 0 Å². The van der Waals surface area contributed by atoms with E-state index in [2.05, 4.69) is 21.8 Å². The molecule has 0 unspecified atom stereocenters. The SMILES string of the molecule is C=CCC[C@@H](c1c(Cl)cncc1Cl)N1CCNCC1. The maximum Gasteiger partial charge on any atom is 0.0652 e. The third-order valence-electron chi connectivity index (χ3n) is 3.46. The maximum absolute atomic E-state index is 6.31. The second-order valence-electron chi connectivity index (χ2n) is 4.68. The quantitative estimate of drug-likeness (QED) is 0.846. The van der Waals surface area contributed by atoms with Gasteiger partial charge >= 0.3 is 0 Å². The zero-order valence-electron chi connectivity index (χ0n) is 10.9. The van der Waals surface area contributed by atoms with Crippen LogP contribution in [-0.2, 0) is 0 Å². The lowest BCUT2D eigenvalue weighted by atomic mass is 10.0. The predicted molar refractivity (Wildman–Crippen MR) is 80.9 cm³/mol. The van der Waals surface area contributed by atoms with E-state index in [4.69, 9.17) is 23.2 Å². The lowest BCUT2D eigenvalue weighted by molar-refractivity contribution is 0.166. The lowest BCUT2D eigenvalue weighted by Gasteiger charge is -2.35. The second-order valence-corrected chi connectivity index (χ2v) is 5.50. The minimum Gasteiger partial charge on any atom is -0.314 e. The van der Waals surface area contributed by atoms with Crippen LogP contribution in [0, 0.1) is 0 Å². The summed E-state index contributed by atoms with van der Waals surface area (Å²) in [6.07, 6.45) is 7.21. The molecule has 2 heterocycles. The minimum absolute atomic E-state index is 0.239. The molecule has 1 aliphatic heterocycles. The number of pyridine rings is 1. The fourth-order valence-electron chi connectivity index (χ4n) is 2.52. The van der Waals surface area contributed by atoms with Crippen LogP contribution in [0.2, 0.25) is 10.0 Å². The first-order valence-electron chi connectivity index (χ1n) is 6.58. The molecular formula is C14H19Cl2N3. The Kier molecular flexibility index (Phi) is 5.64. The van der Waals surface area contributed by atoms with E-state index in [0.29, 0.717) is 10.0 Å². The monoisotopic (exact) mass is 299 g/mol. The summed E-state index contributed by atoms with van der Waals surface area (Å²) >= 11 is 12.6. The average Bonchev–Trinajstić information content (AvgIpc) is 2.43. The Labute approximate surface area is 124 Å². The van der Waals surface area contributed by atoms with Crippen molar-refractivity contribution in [2.24, 2.45) is 0 Å². The summed E-state index contributed by atoms with van der Waals surface area (Å²) in [6, 6.07) is 0.239. The molecule has 3 nitrogen and oxygen atoms in total. The molecule has 0 amide bonds. The van der Waals surface area contributed by atoms with Crippen LogP contribution in [0.3, 0.4) is 0 Å². The molecule has 0 aliphatic carbocycles. The number of halogens is 2. The van der Waals surface area contributed by atoms with Gasteiger partial charge in [-0.1, -0.05) is 29.3 Å². The molecule has 19 heavy (non-hydrogen) atoms. The fourth-order valence-corrected chi connectivity index (χ4v) is 3.14. The van der Waals surface area contributed by atoms with Crippen molar-refractivity contribution in [2.75, 3.05) is 26.2 Å². The molecule has 1 aromatic heterocycles. The summed E-state index contributed by atoms with van der Waals surface area (Å²) in [7, 11) is 0. The van der Waals surface area contributed by atoms with Crippen molar-refractivity contribution in [3.63, 3.8) is 0 Å². The van der Waals surface area contributed by atoms with Crippen molar-refractivity contribution in [1.29, 1.82) is 0 Å². The van der Waals surface area contributed by atoms with Gasteiger partial charge in [0, 0.05) is 50.2 Å². The molecule has 1 atom stereocenters. The molecule has 0 saturated carbocycles. The van der Waals surface area contributed by atoms with Crippen LogP contribution < -0.4 is 5.32 Å². The molecule has 0 aromatic carbocycles. The zero-order chi connectivity index (χ0) is 13.7. The van der Waals surface area contributed by atoms with E-state index in [1.807, 2.05) is 6.08 Å². The van der Waals surface area contributed by atoms with E-state index in [1.165, 1.54) is 0 Å². The van der Waals surface area contributed by atoms with E-state index >= 15 is 0 Å². The van der Waals surface area contributed by atoms with Crippen molar-refractivity contribution in [1.82, 2.24) is 15.2 Å². The first-order chi connectivity index (χ1) is 9.24. The Morgan fingerprint density at radius 1 is 1.32 bits per heavy atom. The Balaban J connectivity index is 2.27. The van der Waals surface area contributed by atoms with Crippen molar-refractivity contribution >= 4 is 23.2 Å². The maximum atomic E-state index is 6.31. The first kappa shape index (κ1) is 14.8. The Hall–Kier alpha value is -0.610. The van der Waals surface area contributed by atoms with Gasteiger partial charge in [-0.15, -0.1) is 6.58 Å². The highest BCUT2D eigenvalue weighted by molar-refractivity contribution is 6.35. The largest absolute Gasteiger partial charge is 0.314 e. The standard InChI is InChI=1S/C14H19Cl2N3/c1-2-3-4-13(19-7-5-17-6-8-19)14-11(15)9-18-10-12(14)16/h2,9-10,13,17H,1,3-8H2/t13-/m0/s1. The van der Waals surface area contributed by atoms with Crippen LogP contribution in [0.15, 0.2) is 25.0 Å². The van der Waals surface area contributed by atoms with Crippen LogP contribution in [0.5, 0.6) is 0 Å². The summed E-state index contributed by atoms with van der Waals surface area (Å²) in [6.45, 7) is 7.84. The van der Waals surface area contributed by atoms with Crippen molar-refractivity contribution in [2.45, 2.75) is 18.9 Å². The smallest absolute Gasteiger partial charge is 0.0652 e. The molecule has 1 aliphatic rings. The predicted octanol–water partition coefficient (Wildman–Crippen LogP) is 3.30. The summed E-state index contributed by atoms with van der Waals surface area (Å²) in [4.78, 5) is 6.47. The number of nitrogens with zero attached hydrogens (tertiary/aromatic N) is 2. The van der Waals surface area contributed by atoms with Gasteiger partial charge < -0.3 is 5.32 Å². The first-order valence-corrected chi connectivity index (χ1v) is 7.34. The fraction of sp³-hybridized carbons (Fsp3) is 0.500. The molecule has 2 rings (SSSR count). The van der Waals surface area contributed by atoms with E-state index in [9.17, 15) is 0 Å². The molecule has 1 N–H and O–H groups in total. The van der Waals surface area contributed by atoms with Crippen LogP contribution >= 0.6 is 23.2 Å². The molecule has 0 radical (unpaired) electrons. The summed E-state index contributed by atoms with van der Waals surface area (Å²) < 4.78 is 0. The summed E-state index contributed by atoms with van der Waals surface area (Å²) in [5.74, 6) is 0. The molecule has 104 valence electrons. The zero-order valence-corrected chi connectivity index (χ0v) is 12.4. The van der Waals surface area contributed by atoms with Crippen LogP contribution in [0.4, 0.5) is 0 Å². The molecule has 1 fully saturated rings. The molecular weight excluding hydrogens is 281 g/mol. The van der Waals surface area contributed by atoms with Crippen molar-refractivity contribution in [3.8, 4) is 0 Å². The Bertz CT molecular complexity index is 410. The normalized spacial score (nSPS) is 18.2. The Morgan fingerprint density at radius 3 is 2.53 bits per heavy atom. The lowest BCUT2D eigenvalue weighted by Crippen LogP contribution is -2.45. The Morgan fingerprint density at radius 2 is 1.95 bits per heavy atom. The van der Waals surface area contributed by atoms with Gasteiger partial charge in [-0.3, -0.25) is 9.88 Å². The van der Waals surface area contributed by atoms with Gasteiger partial charge in [0.2, 0.25) is 0 Å². The summed E-state index contributed by atoms with van der Waals surface area (Å²) in [5.41, 5.74) is 1.00. The highest BCUT2D eigenvalue weighted by Gasteiger charge is 2.25. The number of hydrogen-bond donors (Lipinski definition) is 1. The van der Waals surface area contributed by atoms with Gasteiger partial charge in [-0.25, -0.2) is 0 Å². The van der Waals surface area contributed by atoms with E-state index in [1.54, 1.807) is 12.4 Å². The van der Waals surface area contributed by atoms with Crippen LogP contribution in [-0.4, -0.2) is 36.1 Å². The number of hydrogen-bond acceptors (Lipinski definition) is 3. The van der Waals surface area contributed by atoms with Gasteiger partial charge in [-0.2, -0.15) is 0 Å². The third kappa shape index (κ3) is 3.69. The highest BCUT2D eigenvalue weighted by Crippen LogP contribution is 2.35. The van der Waals surface area contributed by atoms with Gasteiger partial charge in [0.05, 0.1) is 10.0 Å². The van der Waals surface area contributed by atoms with Gasteiger partial charge in [-0.05, 0) is 12.8 Å². The topological polar surface area (TPSA) is 28.2 Å². The number of aromatic nitrogens is 1. The third-order valence-corrected chi connectivity index (χ3v) is 4.06. The summed E-state index contributed by atoms with van der Waals surface area (Å²) in [5, 5.41) is 4.67. The molecule has 1 aromatic rings. The number of piperazine rings is 1. The number of rotatable bonds is 5. The van der Waals surface area contributed by atoms with Gasteiger partial charge in [0.1, 0.15) is 0 Å². The van der Waals surface area contributed by atoms with Crippen molar-refractivity contribution in [3.05, 3.63) is 40.7 Å². The molecule has 5 heteroatoms. The van der Waals surface area contributed by atoms with E-state index in [-0.39, 0.29) is 6.04 Å². The number of allylic oxidation sites excluding steroid dienone is 1. The molecule has 1 saturated heterocycles. The number of nitrogens with one attached hydrogen (secondary N) is 1. The molecule has 0 bridgehead atoms. The van der Waals surface area contributed by atoms with Crippen LogP contribution in [0.25, 0.3) is 0 Å². The van der Waals surface area contributed by atoms with Crippen molar-refractivity contribution < 1.29 is 0 Å². The second kappa shape index (κ2) is 7.25.